The number of aryl methyl sites for hydroxylation is 2. The Bertz CT molecular complexity index is 443. The maximum Gasteiger partial charge on any atom is 0.243 e. The third-order valence-corrected chi connectivity index (χ3v) is 2.88. The summed E-state index contributed by atoms with van der Waals surface area (Å²) in [7, 11) is 1.89. The molecule has 0 bridgehead atoms. The highest BCUT2D eigenvalue weighted by atomic mass is 16.2. The van der Waals surface area contributed by atoms with Crippen LogP contribution in [0.15, 0.2) is 5.10 Å². The molecule has 16 heavy (non-hydrogen) atoms. The number of hydrazone groups is 1. The number of nitrogens with zero attached hydrogens (tertiary/aromatic N) is 3. The lowest BCUT2D eigenvalue weighted by Gasteiger charge is -1.96. The van der Waals surface area contributed by atoms with Gasteiger partial charge in [-0.05, 0) is 26.7 Å². The molecule has 1 aromatic heterocycles. The Kier molecular flexibility index (Phi) is 2.77. The molecular formula is C11H16N4O. The van der Waals surface area contributed by atoms with Crippen LogP contribution in [0.4, 0.5) is 0 Å². The first kappa shape index (κ1) is 10.9. The van der Waals surface area contributed by atoms with Crippen LogP contribution in [0.2, 0.25) is 0 Å². The molecule has 1 N–H and O–H groups in total. The van der Waals surface area contributed by atoms with E-state index in [1.807, 2.05) is 20.9 Å². The predicted molar refractivity (Wildman–Crippen MR) is 61.1 cm³/mol. The highest BCUT2D eigenvalue weighted by Gasteiger charge is 2.29. The SMILES string of the molecule is Cc1nn(C)c(C)c1/C=N\NC(=O)C1CC1. The second-order valence-corrected chi connectivity index (χ2v) is 4.22. The average molecular weight is 220 g/mol. The van der Waals surface area contributed by atoms with Crippen molar-refractivity contribution in [3.8, 4) is 0 Å². The Morgan fingerprint density at radius 3 is 2.75 bits per heavy atom. The van der Waals surface area contributed by atoms with Crippen LogP contribution in [0.5, 0.6) is 0 Å². The number of carbonyl (C=O) groups is 1. The summed E-state index contributed by atoms with van der Waals surface area (Å²) in [4.78, 5) is 11.3. The molecule has 0 aromatic carbocycles. The van der Waals surface area contributed by atoms with Crippen molar-refractivity contribution in [1.29, 1.82) is 0 Å². The number of hydrogen-bond donors (Lipinski definition) is 1. The molecule has 1 aromatic rings. The summed E-state index contributed by atoms with van der Waals surface area (Å²) in [5, 5.41) is 8.23. The number of amides is 1. The first-order chi connectivity index (χ1) is 7.59. The zero-order chi connectivity index (χ0) is 11.7. The standard InChI is InChI=1S/C11H16N4O/c1-7-10(8(2)15(3)14-7)6-12-13-11(16)9-4-5-9/h6,9H,4-5H2,1-3H3,(H,13,16)/b12-6-. The molecule has 0 atom stereocenters. The van der Waals surface area contributed by atoms with Gasteiger partial charge in [-0.1, -0.05) is 0 Å². The number of hydrogen-bond acceptors (Lipinski definition) is 3. The summed E-state index contributed by atoms with van der Waals surface area (Å²) in [6.07, 6.45) is 3.65. The minimum Gasteiger partial charge on any atom is -0.273 e. The first-order valence-electron chi connectivity index (χ1n) is 5.42. The van der Waals surface area contributed by atoms with E-state index in [2.05, 4.69) is 15.6 Å². The van der Waals surface area contributed by atoms with Crippen molar-refractivity contribution in [3.05, 3.63) is 17.0 Å². The lowest BCUT2D eigenvalue weighted by Crippen LogP contribution is -2.19. The summed E-state index contributed by atoms with van der Waals surface area (Å²) in [6, 6.07) is 0. The Labute approximate surface area is 94.5 Å². The van der Waals surface area contributed by atoms with Crippen LogP contribution in [0.1, 0.15) is 29.8 Å². The van der Waals surface area contributed by atoms with Crippen LogP contribution in [-0.4, -0.2) is 21.9 Å². The minimum atomic E-state index is 0.0236. The largest absolute Gasteiger partial charge is 0.273 e. The van der Waals surface area contributed by atoms with Gasteiger partial charge in [-0.2, -0.15) is 10.2 Å². The van der Waals surface area contributed by atoms with Crippen molar-refractivity contribution >= 4 is 12.1 Å². The van der Waals surface area contributed by atoms with Gasteiger partial charge in [0.2, 0.25) is 5.91 Å². The molecule has 1 saturated carbocycles. The Balaban J connectivity index is 2.02. The average Bonchev–Trinajstić information content (AvgIpc) is 3.02. The van der Waals surface area contributed by atoms with Crippen molar-refractivity contribution < 1.29 is 4.79 Å². The van der Waals surface area contributed by atoms with Gasteiger partial charge in [-0.15, -0.1) is 0 Å². The van der Waals surface area contributed by atoms with Gasteiger partial charge in [-0.3, -0.25) is 9.48 Å². The van der Waals surface area contributed by atoms with Crippen LogP contribution in [0, 0.1) is 19.8 Å². The van der Waals surface area contributed by atoms with Gasteiger partial charge in [0.1, 0.15) is 0 Å². The molecule has 1 amide bonds. The number of aromatic nitrogens is 2. The highest BCUT2D eigenvalue weighted by molar-refractivity contribution is 5.85. The topological polar surface area (TPSA) is 59.3 Å². The van der Waals surface area contributed by atoms with Crippen LogP contribution in [-0.2, 0) is 11.8 Å². The van der Waals surface area contributed by atoms with Crippen molar-refractivity contribution in [2.45, 2.75) is 26.7 Å². The maximum absolute atomic E-state index is 11.3. The zero-order valence-corrected chi connectivity index (χ0v) is 9.82. The minimum absolute atomic E-state index is 0.0236. The second kappa shape index (κ2) is 4.08. The molecule has 1 aliphatic carbocycles. The lowest BCUT2D eigenvalue weighted by atomic mass is 10.2. The highest BCUT2D eigenvalue weighted by Crippen LogP contribution is 2.28. The molecule has 5 nitrogen and oxygen atoms in total. The summed E-state index contributed by atoms with van der Waals surface area (Å²) in [5.41, 5.74) is 5.49. The van der Waals surface area contributed by atoms with E-state index in [1.54, 1.807) is 10.9 Å². The fraction of sp³-hybridized carbons (Fsp3) is 0.545. The van der Waals surface area contributed by atoms with Crippen molar-refractivity contribution in [2.24, 2.45) is 18.1 Å². The molecule has 5 heteroatoms. The van der Waals surface area contributed by atoms with Gasteiger partial charge in [0, 0.05) is 24.2 Å². The van der Waals surface area contributed by atoms with Gasteiger partial charge in [0.05, 0.1) is 11.9 Å². The van der Waals surface area contributed by atoms with Gasteiger partial charge in [0.25, 0.3) is 0 Å². The number of rotatable bonds is 3. The van der Waals surface area contributed by atoms with Crippen molar-refractivity contribution in [2.75, 3.05) is 0 Å². The van der Waals surface area contributed by atoms with E-state index in [0.29, 0.717) is 0 Å². The quantitative estimate of drug-likeness (QED) is 0.607. The molecule has 1 aliphatic rings. The molecule has 0 spiro atoms. The number of carbonyl (C=O) groups excluding carboxylic acids is 1. The maximum atomic E-state index is 11.3. The van der Waals surface area contributed by atoms with Crippen molar-refractivity contribution in [3.63, 3.8) is 0 Å². The smallest absolute Gasteiger partial charge is 0.243 e. The van der Waals surface area contributed by atoms with Gasteiger partial charge in [0.15, 0.2) is 0 Å². The van der Waals surface area contributed by atoms with E-state index < -0.39 is 0 Å². The monoisotopic (exact) mass is 220 g/mol. The van der Waals surface area contributed by atoms with E-state index in [4.69, 9.17) is 0 Å². The number of nitrogens with one attached hydrogen (secondary N) is 1. The van der Waals surface area contributed by atoms with E-state index >= 15 is 0 Å². The fourth-order valence-electron chi connectivity index (χ4n) is 1.57. The first-order valence-corrected chi connectivity index (χ1v) is 5.42. The summed E-state index contributed by atoms with van der Waals surface area (Å²) in [5.74, 6) is 0.212. The molecule has 0 unspecified atom stereocenters. The van der Waals surface area contributed by atoms with Crippen molar-refractivity contribution in [1.82, 2.24) is 15.2 Å². The molecule has 2 rings (SSSR count). The molecule has 0 saturated heterocycles. The summed E-state index contributed by atoms with van der Waals surface area (Å²) < 4.78 is 1.80. The Morgan fingerprint density at radius 1 is 1.56 bits per heavy atom. The van der Waals surface area contributed by atoms with Gasteiger partial charge < -0.3 is 0 Å². The second-order valence-electron chi connectivity index (χ2n) is 4.22. The molecule has 0 radical (unpaired) electrons. The Hall–Kier alpha value is -1.65. The summed E-state index contributed by atoms with van der Waals surface area (Å²) in [6.45, 7) is 3.90. The van der Waals surface area contributed by atoms with Crippen LogP contribution >= 0.6 is 0 Å². The van der Waals surface area contributed by atoms with E-state index in [0.717, 1.165) is 29.8 Å². The zero-order valence-electron chi connectivity index (χ0n) is 9.82. The third kappa shape index (κ3) is 2.13. The predicted octanol–water partition coefficient (Wildman–Crippen LogP) is 0.897. The molecule has 1 heterocycles. The Morgan fingerprint density at radius 2 is 2.25 bits per heavy atom. The fourth-order valence-corrected chi connectivity index (χ4v) is 1.57. The normalized spacial score (nSPS) is 15.7. The van der Waals surface area contributed by atoms with Crippen LogP contribution in [0.3, 0.4) is 0 Å². The van der Waals surface area contributed by atoms with E-state index in [-0.39, 0.29) is 11.8 Å². The lowest BCUT2D eigenvalue weighted by molar-refractivity contribution is -0.122. The third-order valence-electron chi connectivity index (χ3n) is 2.88. The molecular weight excluding hydrogens is 204 g/mol. The molecule has 0 aliphatic heterocycles. The van der Waals surface area contributed by atoms with E-state index in [9.17, 15) is 4.79 Å². The van der Waals surface area contributed by atoms with Crippen LogP contribution < -0.4 is 5.43 Å². The van der Waals surface area contributed by atoms with Crippen LogP contribution in [0.25, 0.3) is 0 Å². The summed E-state index contributed by atoms with van der Waals surface area (Å²) >= 11 is 0. The van der Waals surface area contributed by atoms with E-state index in [1.165, 1.54) is 0 Å². The van der Waals surface area contributed by atoms with Gasteiger partial charge in [-0.25, -0.2) is 5.43 Å². The molecule has 86 valence electrons. The van der Waals surface area contributed by atoms with Gasteiger partial charge >= 0.3 is 0 Å². The molecule has 1 fully saturated rings.